The molecule has 4 amide bonds. The Morgan fingerprint density at radius 3 is 1.74 bits per heavy atom. The Labute approximate surface area is 242 Å². The van der Waals surface area contributed by atoms with Crippen LogP contribution < -0.4 is 44.6 Å². The van der Waals surface area contributed by atoms with E-state index in [1.165, 1.54) is 21.6 Å². The predicted molar refractivity (Wildman–Crippen MR) is 163 cm³/mol. The van der Waals surface area contributed by atoms with Gasteiger partial charge in [-0.2, -0.15) is 0 Å². The van der Waals surface area contributed by atoms with Gasteiger partial charge in [-0.1, -0.05) is 43.2 Å². The Kier molecular flexibility index (Phi) is 18.8. The van der Waals surface area contributed by atoms with Crippen LogP contribution in [0.15, 0.2) is 0 Å². The van der Waals surface area contributed by atoms with Gasteiger partial charge >= 0.3 is 0 Å². The summed E-state index contributed by atoms with van der Waals surface area (Å²) in [7, 11) is 6.08. The van der Waals surface area contributed by atoms with Gasteiger partial charge in [0.05, 0.1) is 18.6 Å². The molecule has 0 aliphatic rings. The summed E-state index contributed by atoms with van der Waals surface area (Å²) in [6, 6.07) is -2.39. The molecule has 0 radical (unpaired) electrons. The monoisotopic (exact) mass is 614 g/mol. The van der Waals surface area contributed by atoms with Gasteiger partial charge in [-0.05, 0) is 47.0 Å². The van der Waals surface area contributed by atoms with E-state index in [2.05, 4.69) is 16.0 Å². The fraction of sp³-hybridized carbons (Fsp3) is 0.818. The summed E-state index contributed by atoms with van der Waals surface area (Å²) in [5, 5.41) is 7.87. The average molecular weight is 615 g/mol. The molecule has 0 bridgehead atoms. The Morgan fingerprint density at radius 1 is 0.763 bits per heavy atom. The maximum absolute atomic E-state index is 12.6. The second-order valence-electron chi connectivity index (χ2n) is 9.91. The van der Waals surface area contributed by atoms with E-state index in [0.717, 1.165) is 0 Å². The van der Waals surface area contributed by atoms with E-state index in [9.17, 15) is 19.2 Å². The summed E-state index contributed by atoms with van der Waals surface area (Å²) in [5.41, 5.74) is 28.5. The molecular formula is C22H46N8O4S4. The van der Waals surface area contributed by atoms with Crippen molar-refractivity contribution in [3.8, 4) is 0 Å². The third-order valence-corrected chi connectivity index (χ3v) is 11.7. The van der Waals surface area contributed by atoms with Crippen LogP contribution in [0.25, 0.3) is 0 Å². The smallest absolute Gasteiger partial charge is 0.243 e. The Bertz CT molecular complexity index is 761. The van der Waals surface area contributed by atoms with Gasteiger partial charge in [-0.25, -0.2) is 0 Å². The first kappa shape index (κ1) is 37.1. The summed E-state index contributed by atoms with van der Waals surface area (Å²) < 4.78 is -0.254. The molecule has 3 atom stereocenters. The van der Waals surface area contributed by atoms with Crippen molar-refractivity contribution in [1.29, 1.82) is 0 Å². The Balaban J connectivity index is 4.64. The van der Waals surface area contributed by atoms with Crippen LogP contribution in [0.4, 0.5) is 0 Å². The first-order valence-electron chi connectivity index (χ1n) is 12.3. The normalized spacial score (nSPS) is 14.3. The molecule has 0 rings (SSSR count). The molecule has 0 aliphatic carbocycles. The minimum atomic E-state index is -0.900. The first-order chi connectivity index (χ1) is 17.6. The van der Waals surface area contributed by atoms with Gasteiger partial charge < -0.3 is 44.6 Å². The number of amides is 4. The number of rotatable bonds is 21. The predicted octanol–water partition coefficient (Wildman–Crippen LogP) is -0.749. The second-order valence-corrected chi connectivity index (χ2v) is 16.0. The molecule has 0 aliphatic heterocycles. The van der Waals surface area contributed by atoms with Gasteiger partial charge in [0.15, 0.2) is 0 Å². The zero-order valence-corrected chi connectivity index (χ0v) is 26.0. The lowest BCUT2D eigenvalue weighted by Gasteiger charge is -2.23. The number of hydrogen-bond donors (Lipinski definition) is 8. The molecule has 0 aromatic heterocycles. The SMILES string of the molecule is CC(C)(CN)SSC[C@@H](N)C(=O)NCCCC[C@@H](NC(=O)[C@H](N)CSSC(C)(C)CN)C(=O)NCC(N)=O. The number of nitrogens with two attached hydrogens (primary N) is 5. The van der Waals surface area contributed by atoms with E-state index in [-0.39, 0.29) is 28.4 Å². The van der Waals surface area contributed by atoms with Gasteiger partial charge in [0.2, 0.25) is 23.6 Å². The standard InChI is InChI=1S/C22H46N8O4S4/c1-21(2,12-23)37-35-10-14(25)18(32)28-8-6-5-7-16(20(34)29-9-17(27)31)30-19(33)15(26)11-36-38-22(3,4)13-24/h14-16H,5-13,23-26H2,1-4H3,(H2,27,31)(H,28,32)(H,29,34)(H,30,33)/t14-,15-,16-/m1/s1. The summed E-state index contributed by atoms with van der Waals surface area (Å²) in [5.74, 6) is -1.17. The maximum atomic E-state index is 12.6. The number of carbonyl (C=O) groups is 4. The number of carbonyl (C=O) groups excluding carboxylic acids is 4. The largest absolute Gasteiger partial charge is 0.368 e. The van der Waals surface area contributed by atoms with Gasteiger partial charge in [0.25, 0.3) is 0 Å². The van der Waals surface area contributed by atoms with Gasteiger partial charge in [-0.3, -0.25) is 19.2 Å². The summed E-state index contributed by atoms with van der Waals surface area (Å²) in [6.45, 7) is 9.06. The molecule has 0 unspecified atom stereocenters. The molecular weight excluding hydrogens is 569 g/mol. The minimum absolute atomic E-state index is 0.0975. The summed E-state index contributed by atoms with van der Waals surface area (Å²) >= 11 is 0. The van der Waals surface area contributed by atoms with Crippen LogP contribution >= 0.6 is 43.2 Å². The van der Waals surface area contributed by atoms with Crippen molar-refractivity contribution < 1.29 is 19.2 Å². The molecule has 0 aromatic carbocycles. The average Bonchev–Trinajstić information content (AvgIpc) is 2.85. The molecule has 0 spiro atoms. The zero-order chi connectivity index (χ0) is 29.4. The van der Waals surface area contributed by atoms with Gasteiger partial charge in [-0.15, -0.1) is 0 Å². The van der Waals surface area contributed by atoms with E-state index in [1.54, 1.807) is 21.6 Å². The van der Waals surface area contributed by atoms with Crippen LogP contribution in [0.3, 0.4) is 0 Å². The quantitative estimate of drug-likeness (QED) is 0.0589. The molecule has 0 saturated carbocycles. The van der Waals surface area contributed by atoms with Crippen LogP contribution in [0.5, 0.6) is 0 Å². The van der Waals surface area contributed by atoms with Crippen molar-refractivity contribution in [3.63, 3.8) is 0 Å². The molecule has 13 N–H and O–H groups in total. The van der Waals surface area contributed by atoms with Crippen molar-refractivity contribution in [2.24, 2.45) is 28.7 Å². The van der Waals surface area contributed by atoms with Crippen LogP contribution in [-0.4, -0.2) is 88.9 Å². The third-order valence-electron chi connectivity index (χ3n) is 5.01. The first-order valence-corrected chi connectivity index (χ1v) is 16.9. The van der Waals surface area contributed by atoms with E-state index >= 15 is 0 Å². The Morgan fingerprint density at radius 2 is 1.26 bits per heavy atom. The van der Waals surface area contributed by atoms with Crippen LogP contribution in [0, 0.1) is 0 Å². The highest BCUT2D eigenvalue weighted by Gasteiger charge is 2.25. The molecule has 0 aromatic rings. The lowest BCUT2D eigenvalue weighted by Crippen LogP contribution is -2.53. The highest BCUT2D eigenvalue weighted by molar-refractivity contribution is 8.77. The van der Waals surface area contributed by atoms with E-state index in [1.807, 2.05) is 27.7 Å². The number of primary amides is 1. The van der Waals surface area contributed by atoms with Gasteiger partial charge in [0.1, 0.15) is 6.04 Å². The maximum Gasteiger partial charge on any atom is 0.243 e. The number of hydrogen-bond acceptors (Lipinski definition) is 12. The lowest BCUT2D eigenvalue weighted by molar-refractivity contribution is -0.130. The molecule has 0 saturated heterocycles. The van der Waals surface area contributed by atoms with E-state index in [0.29, 0.717) is 44.0 Å². The minimum Gasteiger partial charge on any atom is -0.368 e. The second kappa shape index (κ2) is 19.2. The summed E-state index contributed by atoms with van der Waals surface area (Å²) in [4.78, 5) is 48.4. The van der Waals surface area contributed by atoms with Crippen LogP contribution in [0.1, 0.15) is 47.0 Å². The highest BCUT2D eigenvalue weighted by Crippen LogP contribution is 2.35. The zero-order valence-electron chi connectivity index (χ0n) is 22.7. The fourth-order valence-electron chi connectivity index (χ4n) is 2.41. The molecule has 16 heteroatoms. The van der Waals surface area contributed by atoms with Crippen molar-refractivity contribution in [2.75, 3.05) is 37.7 Å². The van der Waals surface area contributed by atoms with E-state index < -0.39 is 35.8 Å². The number of nitrogens with one attached hydrogen (secondary N) is 3. The fourth-order valence-corrected chi connectivity index (χ4v) is 7.53. The van der Waals surface area contributed by atoms with Crippen molar-refractivity contribution in [2.45, 2.75) is 74.6 Å². The highest BCUT2D eigenvalue weighted by atomic mass is 33.1. The Hall–Kier alpha value is -0.880. The molecule has 12 nitrogen and oxygen atoms in total. The lowest BCUT2D eigenvalue weighted by atomic mass is 10.1. The molecule has 222 valence electrons. The van der Waals surface area contributed by atoms with E-state index in [4.69, 9.17) is 28.7 Å². The number of unbranched alkanes of at least 4 members (excludes halogenated alkanes) is 1. The molecule has 0 heterocycles. The van der Waals surface area contributed by atoms with Crippen LogP contribution in [-0.2, 0) is 19.2 Å². The topological polar surface area (TPSA) is 234 Å². The third kappa shape index (κ3) is 17.7. The van der Waals surface area contributed by atoms with Gasteiger partial charge in [0, 0.05) is 40.6 Å². The van der Waals surface area contributed by atoms with Crippen molar-refractivity contribution >= 4 is 66.8 Å². The molecule has 0 fully saturated rings. The molecule has 38 heavy (non-hydrogen) atoms. The van der Waals surface area contributed by atoms with Crippen molar-refractivity contribution in [3.05, 3.63) is 0 Å². The van der Waals surface area contributed by atoms with Crippen LogP contribution in [0.2, 0.25) is 0 Å². The summed E-state index contributed by atoms with van der Waals surface area (Å²) in [6.07, 6.45) is 1.36. The van der Waals surface area contributed by atoms with Crippen molar-refractivity contribution in [1.82, 2.24) is 16.0 Å².